The van der Waals surface area contributed by atoms with Crippen LogP contribution in [0.1, 0.15) is 16.1 Å². The molecule has 0 N–H and O–H groups in total. The lowest BCUT2D eigenvalue weighted by molar-refractivity contribution is 0.0301. The molecule has 0 radical (unpaired) electrons. The van der Waals surface area contributed by atoms with Crippen molar-refractivity contribution in [2.75, 3.05) is 26.3 Å². The first-order valence-electron chi connectivity index (χ1n) is 7.89. The Balaban J connectivity index is 1.72. The predicted octanol–water partition coefficient (Wildman–Crippen LogP) is 1.57. The Morgan fingerprint density at radius 2 is 1.88 bits per heavy atom. The predicted molar refractivity (Wildman–Crippen MR) is 87.7 cm³/mol. The molecule has 0 spiro atoms. The fourth-order valence-electron chi connectivity index (χ4n) is 2.76. The van der Waals surface area contributed by atoms with Gasteiger partial charge in [-0.05, 0) is 6.92 Å². The summed E-state index contributed by atoms with van der Waals surface area (Å²) < 4.78 is 6.87. The monoisotopic (exact) mass is 323 g/mol. The first-order valence-corrected chi connectivity index (χ1v) is 7.89. The fourth-order valence-corrected chi connectivity index (χ4v) is 2.76. The van der Waals surface area contributed by atoms with Crippen LogP contribution < -0.4 is 0 Å². The van der Waals surface area contributed by atoms with Gasteiger partial charge in [0.2, 0.25) is 0 Å². The van der Waals surface area contributed by atoms with Gasteiger partial charge in [0.05, 0.1) is 24.5 Å². The largest absolute Gasteiger partial charge is 0.378 e. The van der Waals surface area contributed by atoms with Crippen molar-refractivity contribution in [1.29, 1.82) is 0 Å². The average molecular weight is 323 g/mol. The number of aryl methyl sites for hydroxylation is 1. The Bertz CT molecular complexity index is 885. The molecule has 7 nitrogen and oxygen atoms in total. The summed E-state index contributed by atoms with van der Waals surface area (Å²) in [4.78, 5) is 23.4. The van der Waals surface area contributed by atoms with Crippen molar-refractivity contribution in [3.8, 4) is 11.4 Å². The molecule has 0 atom stereocenters. The number of rotatable bonds is 2. The summed E-state index contributed by atoms with van der Waals surface area (Å²) in [5, 5.41) is 4.46. The number of amides is 1. The van der Waals surface area contributed by atoms with Gasteiger partial charge in [-0.2, -0.15) is 4.98 Å². The Labute approximate surface area is 138 Å². The molecule has 7 heteroatoms. The van der Waals surface area contributed by atoms with E-state index in [1.165, 1.54) is 0 Å². The fraction of sp³-hybridized carbons (Fsp3) is 0.294. The van der Waals surface area contributed by atoms with E-state index in [1.54, 1.807) is 15.6 Å². The van der Waals surface area contributed by atoms with Crippen molar-refractivity contribution in [1.82, 2.24) is 24.5 Å². The smallest absolute Gasteiger partial charge is 0.257 e. The van der Waals surface area contributed by atoms with Crippen LogP contribution >= 0.6 is 0 Å². The zero-order chi connectivity index (χ0) is 16.5. The SMILES string of the molecule is Cc1nc2nc(-c3ccccc3)nn2cc1C(=O)N1CCOCC1. The molecule has 1 aliphatic heterocycles. The summed E-state index contributed by atoms with van der Waals surface area (Å²) in [7, 11) is 0. The number of nitrogens with zero attached hydrogens (tertiary/aromatic N) is 5. The second kappa shape index (κ2) is 6.01. The lowest BCUT2D eigenvalue weighted by atomic mass is 10.2. The molecular formula is C17H17N5O2. The minimum absolute atomic E-state index is 0.0399. The van der Waals surface area contributed by atoms with E-state index >= 15 is 0 Å². The number of benzene rings is 1. The van der Waals surface area contributed by atoms with Gasteiger partial charge < -0.3 is 9.64 Å². The molecule has 0 saturated carbocycles. The summed E-state index contributed by atoms with van der Waals surface area (Å²) in [6, 6.07) is 9.71. The summed E-state index contributed by atoms with van der Waals surface area (Å²) in [5.41, 5.74) is 2.13. The van der Waals surface area contributed by atoms with Gasteiger partial charge in [0.15, 0.2) is 5.82 Å². The molecule has 1 aromatic carbocycles. The number of ether oxygens (including phenoxy) is 1. The van der Waals surface area contributed by atoms with Crippen molar-refractivity contribution >= 4 is 11.7 Å². The van der Waals surface area contributed by atoms with Crippen molar-refractivity contribution in [3.05, 3.63) is 47.8 Å². The molecule has 0 unspecified atom stereocenters. The minimum atomic E-state index is -0.0399. The molecule has 0 bridgehead atoms. The standard InChI is InChI=1S/C17H17N5O2/c1-12-14(16(23)21-7-9-24-10-8-21)11-22-17(18-12)19-15(20-22)13-5-3-2-4-6-13/h2-6,11H,7-10H2,1H3. The van der Waals surface area contributed by atoms with Crippen molar-refractivity contribution in [3.63, 3.8) is 0 Å². The highest BCUT2D eigenvalue weighted by Crippen LogP contribution is 2.17. The lowest BCUT2D eigenvalue weighted by Gasteiger charge is -2.27. The second-order valence-corrected chi connectivity index (χ2v) is 5.69. The van der Waals surface area contributed by atoms with Gasteiger partial charge in [0.25, 0.3) is 11.7 Å². The van der Waals surface area contributed by atoms with Crippen LogP contribution in [0.15, 0.2) is 36.5 Å². The molecule has 2 aromatic heterocycles. The van der Waals surface area contributed by atoms with E-state index < -0.39 is 0 Å². The Morgan fingerprint density at radius 1 is 1.12 bits per heavy atom. The molecular weight excluding hydrogens is 306 g/mol. The number of hydrogen-bond acceptors (Lipinski definition) is 5. The Kier molecular flexibility index (Phi) is 3.70. The number of carbonyl (C=O) groups is 1. The topological polar surface area (TPSA) is 72.6 Å². The molecule has 4 rings (SSSR count). The molecule has 1 aliphatic rings. The maximum atomic E-state index is 12.7. The van der Waals surface area contributed by atoms with Crippen LogP contribution in [-0.4, -0.2) is 56.7 Å². The number of hydrogen-bond donors (Lipinski definition) is 0. The molecule has 3 aromatic rings. The van der Waals surface area contributed by atoms with Gasteiger partial charge in [0.1, 0.15) is 0 Å². The van der Waals surface area contributed by atoms with Gasteiger partial charge in [0, 0.05) is 24.8 Å². The number of aromatic nitrogens is 4. The van der Waals surface area contributed by atoms with Crippen LogP contribution in [0.5, 0.6) is 0 Å². The Morgan fingerprint density at radius 3 is 2.62 bits per heavy atom. The molecule has 24 heavy (non-hydrogen) atoms. The highest BCUT2D eigenvalue weighted by Gasteiger charge is 2.22. The van der Waals surface area contributed by atoms with E-state index in [0.29, 0.717) is 49.2 Å². The molecule has 0 aliphatic carbocycles. The van der Waals surface area contributed by atoms with Crippen LogP contribution in [0.2, 0.25) is 0 Å². The number of fused-ring (bicyclic) bond motifs is 1. The third-order valence-corrected chi connectivity index (χ3v) is 4.08. The number of morpholine rings is 1. The van der Waals surface area contributed by atoms with E-state index in [-0.39, 0.29) is 5.91 Å². The van der Waals surface area contributed by atoms with Gasteiger partial charge in [-0.25, -0.2) is 9.50 Å². The summed E-state index contributed by atoms with van der Waals surface area (Å²) in [6.07, 6.45) is 1.72. The maximum Gasteiger partial charge on any atom is 0.257 e. The first kappa shape index (κ1) is 14.8. The van der Waals surface area contributed by atoms with E-state index in [9.17, 15) is 4.79 Å². The van der Waals surface area contributed by atoms with Gasteiger partial charge in [-0.3, -0.25) is 4.79 Å². The highest BCUT2D eigenvalue weighted by molar-refractivity contribution is 5.95. The first-order chi connectivity index (χ1) is 11.7. The van der Waals surface area contributed by atoms with Crippen LogP contribution in [0.3, 0.4) is 0 Å². The van der Waals surface area contributed by atoms with E-state index in [1.807, 2.05) is 37.3 Å². The zero-order valence-corrected chi connectivity index (χ0v) is 13.3. The van der Waals surface area contributed by atoms with Crippen LogP contribution in [0.4, 0.5) is 0 Å². The summed E-state index contributed by atoms with van der Waals surface area (Å²) in [5.74, 6) is 1.05. The average Bonchev–Trinajstić information content (AvgIpc) is 3.05. The van der Waals surface area contributed by atoms with E-state index in [2.05, 4.69) is 15.1 Å². The second-order valence-electron chi connectivity index (χ2n) is 5.69. The minimum Gasteiger partial charge on any atom is -0.378 e. The Hall–Kier alpha value is -2.80. The van der Waals surface area contributed by atoms with Crippen molar-refractivity contribution in [2.45, 2.75) is 6.92 Å². The quantitative estimate of drug-likeness (QED) is 0.716. The van der Waals surface area contributed by atoms with Gasteiger partial charge >= 0.3 is 0 Å². The van der Waals surface area contributed by atoms with Crippen molar-refractivity contribution in [2.24, 2.45) is 0 Å². The van der Waals surface area contributed by atoms with Gasteiger partial charge in [-0.1, -0.05) is 30.3 Å². The molecule has 1 fully saturated rings. The van der Waals surface area contributed by atoms with E-state index in [0.717, 1.165) is 5.56 Å². The zero-order valence-electron chi connectivity index (χ0n) is 13.3. The molecule has 122 valence electrons. The number of carbonyl (C=O) groups excluding carboxylic acids is 1. The normalized spacial score (nSPS) is 15.0. The molecule has 3 heterocycles. The van der Waals surface area contributed by atoms with Crippen LogP contribution in [0.25, 0.3) is 17.2 Å². The van der Waals surface area contributed by atoms with Crippen LogP contribution in [0, 0.1) is 6.92 Å². The molecule has 1 saturated heterocycles. The molecule has 1 amide bonds. The highest BCUT2D eigenvalue weighted by atomic mass is 16.5. The van der Waals surface area contributed by atoms with Crippen molar-refractivity contribution < 1.29 is 9.53 Å². The summed E-state index contributed by atoms with van der Waals surface area (Å²) in [6.45, 7) is 4.17. The van der Waals surface area contributed by atoms with Gasteiger partial charge in [-0.15, -0.1) is 5.10 Å². The van der Waals surface area contributed by atoms with Crippen LogP contribution in [-0.2, 0) is 4.74 Å². The lowest BCUT2D eigenvalue weighted by Crippen LogP contribution is -2.41. The summed E-state index contributed by atoms with van der Waals surface area (Å²) >= 11 is 0. The third-order valence-electron chi connectivity index (χ3n) is 4.08. The third kappa shape index (κ3) is 2.63. The van der Waals surface area contributed by atoms with E-state index in [4.69, 9.17) is 4.74 Å². The maximum absolute atomic E-state index is 12.7.